The Bertz CT molecular complexity index is 2100. The van der Waals surface area contributed by atoms with Crippen LogP contribution in [0.1, 0.15) is 61.8 Å². The third-order valence-electron chi connectivity index (χ3n) is 9.22. The lowest BCUT2D eigenvalue weighted by molar-refractivity contribution is 0.302. The molecule has 0 saturated carbocycles. The molecule has 8 nitrogen and oxygen atoms in total. The molecule has 4 aromatic carbocycles. The van der Waals surface area contributed by atoms with Crippen LogP contribution in [0, 0.1) is 45.3 Å². The summed E-state index contributed by atoms with van der Waals surface area (Å²) in [5, 5.41) is 48.3. The molecule has 0 aromatic heterocycles. The van der Waals surface area contributed by atoms with Gasteiger partial charge < -0.3 is 20.1 Å². The summed E-state index contributed by atoms with van der Waals surface area (Å²) in [5.41, 5.74) is 8.44. The minimum absolute atomic E-state index is 0.308. The first kappa shape index (κ1) is 33.2. The smallest absolute Gasteiger partial charge is 0.124 e. The number of nitrogens with zero attached hydrogens (tertiary/aromatic N) is 4. The van der Waals surface area contributed by atoms with Gasteiger partial charge >= 0.3 is 0 Å². The van der Waals surface area contributed by atoms with Crippen LogP contribution in [0.3, 0.4) is 0 Å². The SMILES string of the molecule is CC1=C(C#N)C(c2ccccc2OCc2ccc3cc(COc4ccccc4C4C(C#N)=C(C)NC(C)=C4C#N)ccc3c2)C(C#N)=C(C)N1. The highest BCUT2D eigenvalue weighted by Gasteiger charge is 2.32. The average molecular weight is 655 g/mol. The van der Waals surface area contributed by atoms with Crippen molar-refractivity contribution < 1.29 is 9.47 Å². The summed E-state index contributed by atoms with van der Waals surface area (Å²) in [7, 11) is 0. The van der Waals surface area contributed by atoms with Gasteiger partial charge in [-0.3, -0.25) is 0 Å². The Morgan fingerprint density at radius 2 is 0.840 bits per heavy atom. The molecule has 0 amide bonds. The second-order valence-corrected chi connectivity index (χ2v) is 12.4. The number of hydrogen-bond donors (Lipinski definition) is 2. The highest BCUT2D eigenvalue weighted by atomic mass is 16.5. The van der Waals surface area contributed by atoms with E-state index < -0.39 is 11.8 Å². The van der Waals surface area contributed by atoms with Gasteiger partial charge in [-0.1, -0.05) is 60.7 Å². The van der Waals surface area contributed by atoms with Crippen molar-refractivity contribution in [3.05, 3.63) is 152 Å². The van der Waals surface area contributed by atoms with Crippen molar-refractivity contribution in [3.8, 4) is 35.8 Å². The van der Waals surface area contributed by atoms with Crippen LogP contribution < -0.4 is 20.1 Å². The highest BCUT2D eigenvalue weighted by Crippen LogP contribution is 2.42. The molecule has 2 aliphatic heterocycles. The maximum atomic E-state index is 9.97. The molecule has 0 atom stereocenters. The lowest BCUT2D eigenvalue weighted by atomic mass is 9.81. The monoisotopic (exact) mass is 654 g/mol. The van der Waals surface area contributed by atoms with E-state index >= 15 is 0 Å². The Balaban J connectivity index is 1.20. The largest absolute Gasteiger partial charge is 0.489 e. The molecule has 0 bridgehead atoms. The van der Waals surface area contributed by atoms with E-state index in [4.69, 9.17) is 9.47 Å². The van der Waals surface area contributed by atoms with Crippen LogP contribution in [0.4, 0.5) is 0 Å². The first-order chi connectivity index (χ1) is 24.3. The topological polar surface area (TPSA) is 138 Å². The van der Waals surface area contributed by atoms with Gasteiger partial charge in [0, 0.05) is 33.9 Å². The third kappa shape index (κ3) is 6.27. The summed E-state index contributed by atoms with van der Waals surface area (Å²) >= 11 is 0. The van der Waals surface area contributed by atoms with Crippen molar-refractivity contribution in [2.75, 3.05) is 0 Å². The molecule has 0 saturated heterocycles. The normalized spacial score (nSPS) is 15.1. The zero-order valence-corrected chi connectivity index (χ0v) is 28.3. The lowest BCUT2D eigenvalue weighted by Gasteiger charge is -2.27. The molecule has 2 aliphatic rings. The zero-order chi connectivity index (χ0) is 35.4. The van der Waals surface area contributed by atoms with Gasteiger partial charge in [0.05, 0.1) is 58.4 Å². The third-order valence-corrected chi connectivity index (χ3v) is 9.22. The Morgan fingerprint density at radius 3 is 1.18 bits per heavy atom. The van der Waals surface area contributed by atoms with Crippen LogP contribution in [-0.2, 0) is 13.2 Å². The first-order valence-electron chi connectivity index (χ1n) is 16.2. The molecular weight excluding hydrogens is 621 g/mol. The van der Waals surface area contributed by atoms with Crippen LogP contribution in [0.25, 0.3) is 10.8 Å². The van der Waals surface area contributed by atoms with Crippen LogP contribution in [0.2, 0.25) is 0 Å². The number of allylic oxidation sites excluding steroid dienone is 8. The van der Waals surface area contributed by atoms with Gasteiger partial charge in [0.1, 0.15) is 24.7 Å². The number of rotatable bonds is 8. The summed E-state index contributed by atoms with van der Waals surface area (Å²) in [5.74, 6) is 0.236. The number of benzene rings is 4. The number of hydrogen-bond acceptors (Lipinski definition) is 8. The molecule has 0 spiro atoms. The Hall–Kier alpha value is -6.74. The highest BCUT2D eigenvalue weighted by molar-refractivity contribution is 5.83. The minimum Gasteiger partial charge on any atom is -0.489 e. The number of nitrogens with one attached hydrogen (secondary N) is 2. The van der Waals surface area contributed by atoms with Crippen LogP contribution in [0.5, 0.6) is 11.5 Å². The van der Waals surface area contributed by atoms with Crippen molar-refractivity contribution in [2.24, 2.45) is 0 Å². The first-order valence-corrected chi connectivity index (χ1v) is 16.2. The number of dihydropyridines is 2. The maximum absolute atomic E-state index is 9.97. The van der Waals surface area contributed by atoms with E-state index in [-0.39, 0.29) is 0 Å². The van der Waals surface area contributed by atoms with E-state index in [2.05, 4.69) is 59.2 Å². The number of ether oxygens (including phenoxy) is 2. The van der Waals surface area contributed by atoms with E-state index in [1.54, 1.807) is 0 Å². The predicted molar refractivity (Wildman–Crippen MR) is 191 cm³/mol. The fourth-order valence-corrected chi connectivity index (χ4v) is 6.75. The molecule has 2 N–H and O–H groups in total. The molecule has 0 unspecified atom stereocenters. The van der Waals surface area contributed by atoms with Crippen molar-refractivity contribution in [1.29, 1.82) is 21.0 Å². The summed E-state index contributed by atoms with van der Waals surface area (Å²) in [6.45, 7) is 8.01. The molecule has 6 rings (SSSR count). The number of para-hydroxylation sites is 2. The van der Waals surface area contributed by atoms with E-state index in [1.807, 2.05) is 88.4 Å². The zero-order valence-electron chi connectivity index (χ0n) is 28.3. The molecule has 4 aromatic rings. The number of fused-ring (bicyclic) bond motifs is 1. The van der Waals surface area contributed by atoms with Crippen molar-refractivity contribution >= 4 is 10.8 Å². The van der Waals surface area contributed by atoms with Gasteiger partial charge in [-0.2, -0.15) is 21.0 Å². The maximum Gasteiger partial charge on any atom is 0.124 e. The second-order valence-electron chi connectivity index (χ2n) is 12.4. The van der Waals surface area contributed by atoms with Gasteiger partial charge in [-0.05, 0) is 73.9 Å². The second kappa shape index (κ2) is 14.2. The molecular formula is C42H34N6O2. The quantitative estimate of drug-likeness (QED) is 0.193. The lowest BCUT2D eigenvalue weighted by Crippen LogP contribution is -2.23. The number of nitriles is 4. The van der Waals surface area contributed by atoms with Crippen LogP contribution in [0.15, 0.2) is 130 Å². The Labute approximate surface area is 292 Å². The Morgan fingerprint density at radius 1 is 0.500 bits per heavy atom. The van der Waals surface area contributed by atoms with E-state index in [0.717, 1.165) is 55.8 Å². The molecule has 2 heterocycles. The standard InChI is InChI=1S/C42H34N6O2/c1-25-35(19-43)41(36(20-44)26(2)47-25)33-9-5-7-11-39(33)49-23-29-13-15-32-18-30(14-16-31(32)17-29)24-50-40-12-8-6-10-34(40)42-37(21-45)27(3)48-28(4)38(42)22-46/h5-18,41-42,47-48H,23-24H2,1-4H3. The Kier molecular flexibility index (Phi) is 9.40. The summed E-state index contributed by atoms with van der Waals surface area (Å²) in [6, 6.07) is 36.7. The van der Waals surface area contributed by atoms with Crippen molar-refractivity contribution in [1.82, 2.24) is 10.6 Å². The van der Waals surface area contributed by atoms with E-state index in [9.17, 15) is 21.0 Å². The molecule has 50 heavy (non-hydrogen) atoms. The summed E-state index contributed by atoms with van der Waals surface area (Å²) in [4.78, 5) is 0. The average Bonchev–Trinajstić information content (AvgIpc) is 3.12. The molecule has 0 radical (unpaired) electrons. The fourth-order valence-electron chi connectivity index (χ4n) is 6.75. The van der Waals surface area contributed by atoms with Gasteiger partial charge in [-0.15, -0.1) is 0 Å². The van der Waals surface area contributed by atoms with Gasteiger partial charge in [0.15, 0.2) is 0 Å². The van der Waals surface area contributed by atoms with Crippen LogP contribution >= 0.6 is 0 Å². The van der Waals surface area contributed by atoms with Gasteiger partial charge in [-0.25, -0.2) is 0 Å². The summed E-state index contributed by atoms with van der Waals surface area (Å²) < 4.78 is 12.7. The molecule has 244 valence electrons. The van der Waals surface area contributed by atoms with Gasteiger partial charge in [0.2, 0.25) is 0 Å². The minimum atomic E-state index is -0.505. The van der Waals surface area contributed by atoms with Crippen molar-refractivity contribution in [3.63, 3.8) is 0 Å². The fraction of sp³-hybridized carbons (Fsp3) is 0.190. The predicted octanol–water partition coefficient (Wildman–Crippen LogP) is 8.56. The summed E-state index contributed by atoms with van der Waals surface area (Å²) in [6.07, 6.45) is 0. The molecule has 0 fully saturated rings. The van der Waals surface area contributed by atoms with Crippen LogP contribution in [-0.4, -0.2) is 0 Å². The van der Waals surface area contributed by atoms with Crippen molar-refractivity contribution in [2.45, 2.75) is 52.7 Å². The van der Waals surface area contributed by atoms with E-state index in [1.165, 1.54) is 0 Å². The van der Waals surface area contributed by atoms with Gasteiger partial charge in [0.25, 0.3) is 0 Å². The molecule has 8 heteroatoms. The van der Waals surface area contributed by atoms with E-state index in [0.29, 0.717) is 47.0 Å². The molecule has 0 aliphatic carbocycles.